The van der Waals surface area contributed by atoms with Crippen LogP contribution in [-0.4, -0.2) is 41.9 Å². The first-order chi connectivity index (χ1) is 9.08. The van der Waals surface area contributed by atoms with Crippen molar-refractivity contribution >= 4 is 11.8 Å². The molecule has 0 unspecified atom stereocenters. The van der Waals surface area contributed by atoms with Gasteiger partial charge < -0.3 is 11.1 Å². The van der Waals surface area contributed by atoms with Gasteiger partial charge in [0.1, 0.15) is 0 Å². The van der Waals surface area contributed by atoms with Gasteiger partial charge in [0.15, 0.2) is 0 Å². The Kier molecular flexibility index (Phi) is 4.80. The molecule has 0 aromatic rings. The Bertz CT molecular complexity index is 332. The molecule has 19 heavy (non-hydrogen) atoms. The average molecular weight is 267 g/mol. The van der Waals surface area contributed by atoms with Crippen LogP contribution < -0.4 is 11.1 Å². The van der Waals surface area contributed by atoms with E-state index in [-0.39, 0.29) is 23.8 Å². The second kappa shape index (κ2) is 6.37. The molecule has 1 heterocycles. The van der Waals surface area contributed by atoms with E-state index in [1.807, 2.05) is 6.92 Å². The standard InChI is InChI=1S/C14H25N3O2/c1-10(14(19)16-12-4-2-3-5-12)17-8-6-11(7-9-17)13(15)18/h10-12H,2-9H2,1H3,(H2,15,18)(H,16,19)/t10-/m1/s1. The van der Waals surface area contributed by atoms with Crippen LogP contribution in [0.4, 0.5) is 0 Å². The topological polar surface area (TPSA) is 75.4 Å². The highest BCUT2D eigenvalue weighted by molar-refractivity contribution is 5.81. The van der Waals surface area contributed by atoms with E-state index >= 15 is 0 Å². The third-order valence-electron chi connectivity index (χ3n) is 4.56. The Labute approximate surface area is 114 Å². The summed E-state index contributed by atoms with van der Waals surface area (Å²) in [5, 5.41) is 3.14. The van der Waals surface area contributed by atoms with Crippen molar-refractivity contribution in [2.24, 2.45) is 11.7 Å². The number of likely N-dealkylation sites (tertiary alicyclic amines) is 1. The van der Waals surface area contributed by atoms with Crippen molar-refractivity contribution < 1.29 is 9.59 Å². The zero-order valence-electron chi connectivity index (χ0n) is 11.7. The zero-order chi connectivity index (χ0) is 13.8. The maximum atomic E-state index is 12.2. The number of piperidine rings is 1. The highest BCUT2D eigenvalue weighted by atomic mass is 16.2. The van der Waals surface area contributed by atoms with Crippen LogP contribution in [0, 0.1) is 5.92 Å². The van der Waals surface area contributed by atoms with Gasteiger partial charge in [0.25, 0.3) is 0 Å². The Balaban J connectivity index is 1.78. The summed E-state index contributed by atoms with van der Waals surface area (Å²) in [5.41, 5.74) is 5.32. The van der Waals surface area contributed by atoms with Crippen molar-refractivity contribution in [3.8, 4) is 0 Å². The predicted octanol–water partition coefficient (Wildman–Crippen LogP) is 0.631. The number of carbonyl (C=O) groups excluding carboxylic acids is 2. The van der Waals surface area contributed by atoms with E-state index in [2.05, 4.69) is 10.2 Å². The molecule has 1 aliphatic heterocycles. The first-order valence-electron chi connectivity index (χ1n) is 7.41. The molecule has 1 saturated heterocycles. The number of primary amides is 1. The van der Waals surface area contributed by atoms with E-state index in [1.54, 1.807) is 0 Å². The van der Waals surface area contributed by atoms with Gasteiger partial charge in [0.2, 0.25) is 11.8 Å². The smallest absolute Gasteiger partial charge is 0.237 e. The number of carbonyl (C=O) groups is 2. The lowest BCUT2D eigenvalue weighted by atomic mass is 9.95. The second-order valence-corrected chi connectivity index (χ2v) is 5.88. The molecule has 2 fully saturated rings. The minimum Gasteiger partial charge on any atom is -0.369 e. The number of nitrogens with one attached hydrogen (secondary N) is 1. The van der Waals surface area contributed by atoms with Crippen LogP contribution in [0.2, 0.25) is 0 Å². The van der Waals surface area contributed by atoms with Crippen molar-refractivity contribution in [2.45, 2.75) is 57.5 Å². The van der Waals surface area contributed by atoms with Crippen molar-refractivity contribution in [1.29, 1.82) is 0 Å². The van der Waals surface area contributed by atoms with E-state index in [0.29, 0.717) is 6.04 Å². The fourth-order valence-electron chi connectivity index (χ4n) is 3.13. The van der Waals surface area contributed by atoms with Crippen LogP contribution in [0.5, 0.6) is 0 Å². The molecular formula is C14H25N3O2. The minimum absolute atomic E-state index is 0.0126. The molecule has 0 bridgehead atoms. The fourth-order valence-corrected chi connectivity index (χ4v) is 3.13. The zero-order valence-corrected chi connectivity index (χ0v) is 11.7. The summed E-state index contributed by atoms with van der Waals surface area (Å²) in [6, 6.07) is 0.271. The average Bonchev–Trinajstić information content (AvgIpc) is 2.90. The van der Waals surface area contributed by atoms with Crippen LogP contribution in [-0.2, 0) is 9.59 Å². The minimum atomic E-state index is -0.206. The lowest BCUT2D eigenvalue weighted by Crippen LogP contribution is -2.51. The van der Waals surface area contributed by atoms with Crippen molar-refractivity contribution in [2.75, 3.05) is 13.1 Å². The van der Waals surface area contributed by atoms with E-state index in [9.17, 15) is 9.59 Å². The summed E-state index contributed by atoms with van der Waals surface area (Å²) < 4.78 is 0. The van der Waals surface area contributed by atoms with Gasteiger partial charge >= 0.3 is 0 Å². The summed E-state index contributed by atoms with van der Waals surface area (Å²) in [6.45, 7) is 3.52. The summed E-state index contributed by atoms with van der Waals surface area (Å²) >= 11 is 0. The van der Waals surface area contributed by atoms with Crippen LogP contribution in [0.25, 0.3) is 0 Å². The molecule has 2 aliphatic rings. The maximum Gasteiger partial charge on any atom is 0.237 e. The van der Waals surface area contributed by atoms with Gasteiger partial charge in [0.05, 0.1) is 6.04 Å². The Morgan fingerprint density at radius 3 is 2.26 bits per heavy atom. The molecule has 1 atom stereocenters. The molecule has 5 nitrogen and oxygen atoms in total. The molecule has 2 rings (SSSR count). The lowest BCUT2D eigenvalue weighted by Gasteiger charge is -2.34. The molecule has 1 aliphatic carbocycles. The van der Waals surface area contributed by atoms with Gasteiger partial charge in [-0.1, -0.05) is 12.8 Å². The lowest BCUT2D eigenvalue weighted by molar-refractivity contribution is -0.128. The van der Waals surface area contributed by atoms with Gasteiger partial charge in [-0.05, 0) is 45.7 Å². The Hall–Kier alpha value is -1.10. The van der Waals surface area contributed by atoms with Gasteiger partial charge in [0, 0.05) is 12.0 Å². The Morgan fingerprint density at radius 2 is 1.74 bits per heavy atom. The first-order valence-corrected chi connectivity index (χ1v) is 7.41. The van der Waals surface area contributed by atoms with Crippen LogP contribution >= 0.6 is 0 Å². The monoisotopic (exact) mass is 267 g/mol. The third-order valence-corrected chi connectivity index (χ3v) is 4.56. The van der Waals surface area contributed by atoms with Crippen LogP contribution in [0.1, 0.15) is 45.4 Å². The SMILES string of the molecule is C[C@H](C(=O)NC1CCCC1)N1CCC(C(N)=O)CC1. The molecule has 5 heteroatoms. The van der Waals surface area contributed by atoms with Crippen molar-refractivity contribution in [1.82, 2.24) is 10.2 Å². The molecule has 0 spiro atoms. The number of rotatable bonds is 4. The van der Waals surface area contributed by atoms with Gasteiger partial charge in [-0.15, -0.1) is 0 Å². The highest BCUT2D eigenvalue weighted by Crippen LogP contribution is 2.20. The van der Waals surface area contributed by atoms with Crippen LogP contribution in [0.15, 0.2) is 0 Å². The molecule has 2 amide bonds. The number of hydrogen-bond acceptors (Lipinski definition) is 3. The van der Waals surface area contributed by atoms with Crippen molar-refractivity contribution in [3.05, 3.63) is 0 Å². The number of hydrogen-bond donors (Lipinski definition) is 2. The summed E-state index contributed by atoms with van der Waals surface area (Å²) in [6.07, 6.45) is 6.23. The van der Waals surface area contributed by atoms with Gasteiger partial charge in [-0.25, -0.2) is 0 Å². The number of nitrogens with zero attached hydrogens (tertiary/aromatic N) is 1. The van der Waals surface area contributed by atoms with Gasteiger partial charge in [-0.3, -0.25) is 14.5 Å². The van der Waals surface area contributed by atoms with E-state index in [0.717, 1.165) is 38.8 Å². The van der Waals surface area contributed by atoms with Gasteiger partial charge in [-0.2, -0.15) is 0 Å². The second-order valence-electron chi connectivity index (χ2n) is 5.88. The number of amides is 2. The van der Waals surface area contributed by atoms with E-state index in [4.69, 9.17) is 5.73 Å². The molecule has 1 saturated carbocycles. The largest absolute Gasteiger partial charge is 0.369 e. The maximum absolute atomic E-state index is 12.2. The molecular weight excluding hydrogens is 242 g/mol. The third kappa shape index (κ3) is 3.69. The normalized spacial score (nSPS) is 24.3. The highest BCUT2D eigenvalue weighted by Gasteiger charge is 2.29. The Morgan fingerprint density at radius 1 is 1.16 bits per heavy atom. The predicted molar refractivity (Wildman–Crippen MR) is 73.4 cm³/mol. The van der Waals surface area contributed by atoms with E-state index < -0.39 is 0 Å². The molecule has 0 radical (unpaired) electrons. The molecule has 108 valence electrons. The molecule has 0 aromatic carbocycles. The molecule has 3 N–H and O–H groups in total. The first kappa shape index (κ1) is 14.3. The quantitative estimate of drug-likeness (QED) is 0.784. The summed E-state index contributed by atoms with van der Waals surface area (Å²) in [7, 11) is 0. The fraction of sp³-hybridized carbons (Fsp3) is 0.857. The van der Waals surface area contributed by atoms with Crippen molar-refractivity contribution in [3.63, 3.8) is 0 Å². The van der Waals surface area contributed by atoms with E-state index in [1.165, 1.54) is 12.8 Å². The van der Waals surface area contributed by atoms with Crippen LogP contribution in [0.3, 0.4) is 0 Å². The number of nitrogens with two attached hydrogens (primary N) is 1. The summed E-state index contributed by atoms with van der Waals surface area (Å²) in [4.78, 5) is 25.4. The molecule has 0 aromatic heterocycles. The summed E-state index contributed by atoms with van der Waals surface area (Å²) in [5.74, 6) is -0.0894.